The minimum absolute atomic E-state index is 0.0144. The van der Waals surface area contributed by atoms with E-state index in [1.54, 1.807) is 12.3 Å². The minimum Gasteiger partial charge on any atom is -0.452 e. The number of furan rings is 1. The first-order chi connectivity index (χ1) is 11.7. The van der Waals surface area contributed by atoms with Crippen molar-refractivity contribution in [2.75, 3.05) is 5.75 Å². The van der Waals surface area contributed by atoms with E-state index in [0.29, 0.717) is 16.5 Å². The molecular formula is C19H15NO3S. The number of nitrogens with zero attached hydrogens (tertiary/aromatic N) is 1. The maximum absolute atomic E-state index is 12.8. The highest BCUT2D eigenvalue weighted by molar-refractivity contribution is 7.99. The number of carbonyl (C=O) groups is 2. The van der Waals surface area contributed by atoms with Crippen LogP contribution in [0, 0.1) is 5.92 Å². The first kappa shape index (κ1) is 15.1. The van der Waals surface area contributed by atoms with Gasteiger partial charge in [0.1, 0.15) is 5.58 Å². The van der Waals surface area contributed by atoms with E-state index in [1.807, 2.05) is 36.4 Å². The fourth-order valence-corrected chi connectivity index (χ4v) is 3.40. The summed E-state index contributed by atoms with van der Waals surface area (Å²) in [5.41, 5.74) is 1.01. The van der Waals surface area contributed by atoms with Gasteiger partial charge in [0.2, 0.25) is 5.78 Å². The first-order valence-corrected chi connectivity index (χ1v) is 8.85. The van der Waals surface area contributed by atoms with Crippen molar-refractivity contribution < 1.29 is 14.0 Å². The van der Waals surface area contributed by atoms with Gasteiger partial charge >= 0.3 is 0 Å². The Hall–Kier alpha value is -2.40. The van der Waals surface area contributed by atoms with E-state index < -0.39 is 0 Å². The van der Waals surface area contributed by atoms with Gasteiger partial charge in [-0.3, -0.25) is 9.59 Å². The highest BCUT2D eigenvalue weighted by Gasteiger charge is 2.36. The lowest BCUT2D eigenvalue weighted by atomic mass is 10.0. The number of thioether (sulfide) groups is 1. The molecule has 0 unspecified atom stereocenters. The molecule has 1 saturated carbocycles. The topological polar surface area (TPSA) is 60.2 Å². The van der Waals surface area contributed by atoms with Crippen molar-refractivity contribution in [2.45, 2.75) is 17.9 Å². The van der Waals surface area contributed by atoms with Crippen LogP contribution in [0.5, 0.6) is 0 Å². The fourth-order valence-electron chi connectivity index (χ4n) is 2.67. The van der Waals surface area contributed by atoms with Crippen LogP contribution in [0.15, 0.2) is 58.1 Å². The number of fused-ring (bicyclic) bond motifs is 1. The summed E-state index contributed by atoms with van der Waals surface area (Å²) in [5, 5.41) is 1.50. The van der Waals surface area contributed by atoms with Crippen molar-refractivity contribution in [3.8, 4) is 0 Å². The number of benzene rings is 1. The highest BCUT2D eigenvalue weighted by atomic mass is 32.2. The molecule has 0 atom stereocenters. The second-order valence-electron chi connectivity index (χ2n) is 5.82. The predicted octanol–water partition coefficient (Wildman–Crippen LogP) is 4.40. The lowest BCUT2D eigenvalue weighted by molar-refractivity contribution is 0.0927. The molecule has 0 spiro atoms. The summed E-state index contributed by atoms with van der Waals surface area (Å²) >= 11 is 1.37. The van der Waals surface area contributed by atoms with Crippen molar-refractivity contribution in [1.29, 1.82) is 0 Å². The van der Waals surface area contributed by atoms with Gasteiger partial charge in [-0.25, -0.2) is 4.98 Å². The average molecular weight is 337 g/mol. The number of carbonyl (C=O) groups excluding carboxylic acids is 2. The summed E-state index contributed by atoms with van der Waals surface area (Å²) in [4.78, 5) is 29.5. The van der Waals surface area contributed by atoms with Crippen LogP contribution in [0.25, 0.3) is 11.0 Å². The summed E-state index contributed by atoms with van der Waals surface area (Å²) in [7, 11) is 0. The average Bonchev–Trinajstić information content (AvgIpc) is 3.40. The molecule has 4 rings (SSSR count). The van der Waals surface area contributed by atoms with Crippen LogP contribution in [-0.2, 0) is 0 Å². The van der Waals surface area contributed by atoms with E-state index in [0.717, 1.165) is 17.9 Å². The Morgan fingerprint density at radius 1 is 1.12 bits per heavy atom. The van der Waals surface area contributed by atoms with Gasteiger partial charge in [-0.05, 0) is 31.0 Å². The number of aromatic nitrogens is 1. The summed E-state index contributed by atoms with van der Waals surface area (Å²) in [6.07, 6.45) is 3.46. The second-order valence-corrected chi connectivity index (χ2v) is 6.82. The van der Waals surface area contributed by atoms with E-state index in [4.69, 9.17) is 4.42 Å². The van der Waals surface area contributed by atoms with Crippen LogP contribution >= 0.6 is 11.8 Å². The third kappa shape index (κ3) is 2.87. The Labute approximate surface area is 143 Å². The van der Waals surface area contributed by atoms with E-state index in [1.165, 1.54) is 11.8 Å². The Morgan fingerprint density at radius 3 is 2.67 bits per heavy atom. The molecule has 24 heavy (non-hydrogen) atoms. The van der Waals surface area contributed by atoms with Crippen molar-refractivity contribution in [1.82, 2.24) is 4.98 Å². The minimum atomic E-state index is -0.0976. The maximum Gasteiger partial charge on any atom is 0.201 e. The quantitative estimate of drug-likeness (QED) is 0.493. The number of para-hydroxylation sites is 1. The number of pyridine rings is 1. The molecule has 1 aliphatic carbocycles. The third-order valence-electron chi connectivity index (χ3n) is 4.04. The van der Waals surface area contributed by atoms with Crippen molar-refractivity contribution in [3.05, 3.63) is 60.0 Å². The molecule has 0 amide bonds. The number of hydrogen-bond donors (Lipinski definition) is 0. The van der Waals surface area contributed by atoms with E-state index in [2.05, 4.69) is 4.98 Å². The zero-order chi connectivity index (χ0) is 16.5. The van der Waals surface area contributed by atoms with Gasteiger partial charge in [-0.2, -0.15) is 0 Å². The number of ketones is 2. The molecule has 0 N–H and O–H groups in total. The van der Waals surface area contributed by atoms with Crippen LogP contribution in [0.3, 0.4) is 0 Å². The molecular weight excluding hydrogens is 322 g/mol. The molecule has 2 heterocycles. The molecule has 1 aromatic carbocycles. The van der Waals surface area contributed by atoms with Crippen molar-refractivity contribution >= 4 is 34.3 Å². The summed E-state index contributed by atoms with van der Waals surface area (Å²) in [6.45, 7) is 0. The van der Waals surface area contributed by atoms with Gasteiger partial charge in [0.05, 0.1) is 16.3 Å². The SMILES string of the molecule is O=C(CSc1ccccn1)c1c(C(=O)C2CC2)oc2ccccc12. The molecule has 120 valence electrons. The second kappa shape index (κ2) is 6.24. The van der Waals surface area contributed by atoms with Gasteiger partial charge in [0, 0.05) is 17.5 Å². The number of hydrogen-bond acceptors (Lipinski definition) is 5. The molecule has 0 radical (unpaired) electrons. The van der Waals surface area contributed by atoms with Crippen LogP contribution in [-0.4, -0.2) is 22.3 Å². The van der Waals surface area contributed by atoms with Gasteiger partial charge in [0.15, 0.2) is 11.5 Å². The third-order valence-corrected chi connectivity index (χ3v) is 4.98. The van der Waals surface area contributed by atoms with Crippen LogP contribution < -0.4 is 0 Å². The Bertz CT molecular complexity index is 913. The van der Waals surface area contributed by atoms with Crippen LogP contribution in [0.2, 0.25) is 0 Å². The normalized spacial score (nSPS) is 14.0. The molecule has 1 fully saturated rings. The smallest absolute Gasteiger partial charge is 0.201 e. The summed E-state index contributed by atoms with van der Waals surface area (Å²) in [5.74, 6) is 0.328. The molecule has 0 bridgehead atoms. The van der Waals surface area contributed by atoms with E-state index in [-0.39, 0.29) is 29.0 Å². The fraction of sp³-hybridized carbons (Fsp3) is 0.211. The summed E-state index contributed by atoms with van der Waals surface area (Å²) in [6, 6.07) is 12.9. The predicted molar refractivity (Wildman–Crippen MR) is 92.6 cm³/mol. The molecule has 5 heteroatoms. The van der Waals surface area contributed by atoms with Gasteiger partial charge in [0.25, 0.3) is 0 Å². The molecule has 4 nitrogen and oxygen atoms in total. The largest absolute Gasteiger partial charge is 0.452 e. The molecule has 0 aliphatic heterocycles. The standard InChI is InChI=1S/C19H15NO3S/c21-14(11-24-16-7-3-4-10-20-16)17-13-5-1-2-6-15(13)23-19(17)18(22)12-8-9-12/h1-7,10,12H,8-9,11H2. The van der Waals surface area contributed by atoms with E-state index >= 15 is 0 Å². The lowest BCUT2D eigenvalue weighted by Crippen LogP contribution is -2.10. The first-order valence-electron chi connectivity index (χ1n) is 7.87. The highest BCUT2D eigenvalue weighted by Crippen LogP contribution is 2.37. The maximum atomic E-state index is 12.8. The van der Waals surface area contributed by atoms with Gasteiger partial charge < -0.3 is 4.42 Å². The van der Waals surface area contributed by atoms with Crippen molar-refractivity contribution in [2.24, 2.45) is 5.92 Å². The molecule has 3 aromatic rings. The molecule has 0 saturated heterocycles. The van der Waals surface area contributed by atoms with Crippen LogP contribution in [0.1, 0.15) is 33.8 Å². The number of Topliss-reactive ketones (excluding diaryl/α,β-unsaturated/α-hetero) is 2. The Balaban J connectivity index is 1.67. The van der Waals surface area contributed by atoms with E-state index in [9.17, 15) is 9.59 Å². The zero-order valence-electron chi connectivity index (χ0n) is 12.9. The van der Waals surface area contributed by atoms with Gasteiger partial charge in [-0.1, -0.05) is 36.0 Å². The van der Waals surface area contributed by atoms with Crippen molar-refractivity contribution in [3.63, 3.8) is 0 Å². The Kier molecular flexibility index (Phi) is 3.94. The Morgan fingerprint density at radius 2 is 1.92 bits per heavy atom. The lowest BCUT2D eigenvalue weighted by Gasteiger charge is -2.02. The molecule has 2 aromatic heterocycles. The zero-order valence-corrected chi connectivity index (χ0v) is 13.7. The monoisotopic (exact) mass is 337 g/mol. The number of rotatable bonds is 6. The molecule has 1 aliphatic rings. The summed E-state index contributed by atoms with van der Waals surface area (Å²) < 4.78 is 5.74. The van der Waals surface area contributed by atoms with Crippen LogP contribution in [0.4, 0.5) is 0 Å². The van der Waals surface area contributed by atoms with Gasteiger partial charge in [-0.15, -0.1) is 0 Å².